The smallest absolute Gasteiger partial charge is 0.257 e. The highest BCUT2D eigenvalue weighted by Gasteiger charge is 2.33. The van der Waals surface area contributed by atoms with E-state index in [-0.39, 0.29) is 17.7 Å². The molecule has 118 valence electrons. The topological polar surface area (TPSA) is 77.0 Å². The van der Waals surface area contributed by atoms with E-state index in [9.17, 15) is 4.79 Å². The van der Waals surface area contributed by atoms with Gasteiger partial charge in [0.05, 0.1) is 17.2 Å². The summed E-state index contributed by atoms with van der Waals surface area (Å²) in [7, 11) is 1.84. The van der Waals surface area contributed by atoms with Crippen molar-refractivity contribution in [1.82, 2.24) is 24.8 Å². The molecule has 1 amide bonds. The lowest BCUT2D eigenvalue weighted by Crippen LogP contribution is -2.29. The molecule has 7 heteroatoms. The molecule has 0 N–H and O–H groups in total. The number of amides is 1. The van der Waals surface area contributed by atoms with Gasteiger partial charge in [0, 0.05) is 26.3 Å². The Bertz CT molecular complexity index is 688. The van der Waals surface area contributed by atoms with E-state index >= 15 is 0 Å². The van der Waals surface area contributed by atoms with Gasteiger partial charge in [-0.2, -0.15) is 10.1 Å². The fourth-order valence-electron chi connectivity index (χ4n) is 2.89. The molecule has 3 heterocycles. The first-order valence-corrected chi connectivity index (χ1v) is 7.58. The van der Waals surface area contributed by atoms with Crippen molar-refractivity contribution in [2.45, 2.75) is 39.0 Å². The Kier molecular flexibility index (Phi) is 3.72. The minimum absolute atomic E-state index is 0.0375. The van der Waals surface area contributed by atoms with Gasteiger partial charge >= 0.3 is 0 Å². The molecule has 0 radical (unpaired) electrons. The van der Waals surface area contributed by atoms with Crippen molar-refractivity contribution in [3.63, 3.8) is 0 Å². The number of carbonyl (C=O) groups excluding carboxylic acids is 1. The summed E-state index contributed by atoms with van der Waals surface area (Å²) in [5.74, 6) is 1.65. The Labute approximate surface area is 129 Å². The minimum atomic E-state index is 0.0375. The molecule has 1 fully saturated rings. The standard InChI is InChI=1S/C15H21N5O2/c1-9(2)13-12(8-19(4)17-13)15(21)20-6-5-11(7-20)14-16-10(3)18-22-14/h8-9,11H,5-7H2,1-4H3. The summed E-state index contributed by atoms with van der Waals surface area (Å²) in [5.41, 5.74) is 1.55. The van der Waals surface area contributed by atoms with E-state index in [1.165, 1.54) is 0 Å². The Morgan fingerprint density at radius 2 is 2.23 bits per heavy atom. The zero-order valence-corrected chi connectivity index (χ0v) is 13.4. The van der Waals surface area contributed by atoms with Crippen LogP contribution in [-0.4, -0.2) is 43.8 Å². The molecular weight excluding hydrogens is 282 g/mol. The van der Waals surface area contributed by atoms with Crippen LogP contribution < -0.4 is 0 Å². The minimum Gasteiger partial charge on any atom is -0.339 e. The van der Waals surface area contributed by atoms with Gasteiger partial charge in [0.15, 0.2) is 5.82 Å². The third kappa shape index (κ3) is 2.63. The average molecular weight is 303 g/mol. The lowest BCUT2D eigenvalue weighted by atomic mass is 10.1. The van der Waals surface area contributed by atoms with Crippen LogP contribution in [0.4, 0.5) is 0 Å². The molecule has 0 spiro atoms. The van der Waals surface area contributed by atoms with Crippen LogP contribution in [0.15, 0.2) is 10.7 Å². The number of hydrogen-bond acceptors (Lipinski definition) is 5. The quantitative estimate of drug-likeness (QED) is 0.865. The second-order valence-electron chi connectivity index (χ2n) is 6.17. The van der Waals surface area contributed by atoms with Crippen molar-refractivity contribution in [1.29, 1.82) is 0 Å². The molecule has 1 aliphatic heterocycles. The molecule has 3 rings (SSSR count). The molecule has 22 heavy (non-hydrogen) atoms. The SMILES string of the molecule is Cc1noc(C2CCN(C(=O)c3cn(C)nc3C(C)C)C2)n1. The van der Waals surface area contributed by atoms with E-state index in [1.807, 2.05) is 32.0 Å². The van der Waals surface area contributed by atoms with Crippen LogP contribution in [0.3, 0.4) is 0 Å². The zero-order valence-electron chi connectivity index (χ0n) is 13.4. The summed E-state index contributed by atoms with van der Waals surface area (Å²) in [5, 5.41) is 8.24. The summed E-state index contributed by atoms with van der Waals surface area (Å²) in [4.78, 5) is 18.9. The number of carbonyl (C=O) groups is 1. The van der Waals surface area contributed by atoms with Crippen molar-refractivity contribution in [3.05, 3.63) is 29.2 Å². The van der Waals surface area contributed by atoms with Crippen LogP contribution >= 0.6 is 0 Å². The van der Waals surface area contributed by atoms with Crippen molar-refractivity contribution < 1.29 is 9.32 Å². The first-order chi connectivity index (χ1) is 10.5. The fraction of sp³-hybridized carbons (Fsp3) is 0.600. The van der Waals surface area contributed by atoms with Gasteiger partial charge in [-0.1, -0.05) is 19.0 Å². The molecule has 0 bridgehead atoms. The van der Waals surface area contributed by atoms with E-state index in [0.29, 0.717) is 30.4 Å². The molecule has 2 aromatic heterocycles. The highest BCUT2D eigenvalue weighted by Crippen LogP contribution is 2.28. The predicted molar refractivity (Wildman–Crippen MR) is 79.6 cm³/mol. The lowest BCUT2D eigenvalue weighted by molar-refractivity contribution is 0.0788. The number of rotatable bonds is 3. The van der Waals surface area contributed by atoms with Gasteiger partial charge in [-0.15, -0.1) is 0 Å². The normalized spacial score (nSPS) is 18.4. The van der Waals surface area contributed by atoms with Gasteiger partial charge < -0.3 is 9.42 Å². The monoisotopic (exact) mass is 303 g/mol. The number of likely N-dealkylation sites (tertiary alicyclic amines) is 1. The zero-order chi connectivity index (χ0) is 15.9. The van der Waals surface area contributed by atoms with E-state index in [2.05, 4.69) is 15.2 Å². The molecule has 2 aromatic rings. The Morgan fingerprint density at radius 1 is 1.45 bits per heavy atom. The van der Waals surface area contributed by atoms with Gasteiger partial charge in [0.25, 0.3) is 5.91 Å². The fourth-order valence-corrected chi connectivity index (χ4v) is 2.89. The average Bonchev–Trinajstić information content (AvgIpc) is 3.16. The first-order valence-electron chi connectivity index (χ1n) is 7.58. The molecule has 7 nitrogen and oxygen atoms in total. The van der Waals surface area contributed by atoms with Crippen molar-refractivity contribution in [3.8, 4) is 0 Å². The van der Waals surface area contributed by atoms with Crippen LogP contribution in [0.1, 0.15) is 59.9 Å². The van der Waals surface area contributed by atoms with Crippen molar-refractivity contribution in [2.24, 2.45) is 7.05 Å². The molecular formula is C15H21N5O2. The third-order valence-electron chi connectivity index (χ3n) is 4.00. The Hall–Kier alpha value is -2.18. The van der Waals surface area contributed by atoms with Crippen LogP contribution in [0, 0.1) is 6.92 Å². The maximum atomic E-state index is 12.8. The van der Waals surface area contributed by atoms with Crippen molar-refractivity contribution >= 4 is 5.91 Å². The van der Waals surface area contributed by atoms with Gasteiger partial charge in [0.1, 0.15) is 0 Å². The van der Waals surface area contributed by atoms with E-state index in [0.717, 1.165) is 12.1 Å². The van der Waals surface area contributed by atoms with Gasteiger partial charge in [-0.05, 0) is 19.3 Å². The van der Waals surface area contributed by atoms with Crippen LogP contribution in [-0.2, 0) is 7.05 Å². The van der Waals surface area contributed by atoms with Gasteiger partial charge in [-0.25, -0.2) is 0 Å². The number of nitrogens with zero attached hydrogens (tertiary/aromatic N) is 5. The van der Waals surface area contributed by atoms with Crippen molar-refractivity contribution in [2.75, 3.05) is 13.1 Å². The Morgan fingerprint density at radius 3 is 2.86 bits per heavy atom. The highest BCUT2D eigenvalue weighted by molar-refractivity contribution is 5.95. The summed E-state index contributed by atoms with van der Waals surface area (Å²) in [6.07, 6.45) is 2.66. The molecule has 1 aliphatic rings. The third-order valence-corrected chi connectivity index (χ3v) is 4.00. The first kappa shape index (κ1) is 14.7. The number of aryl methyl sites for hydroxylation is 2. The summed E-state index contributed by atoms with van der Waals surface area (Å²) >= 11 is 0. The molecule has 1 atom stereocenters. The molecule has 0 saturated carbocycles. The lowest BCUT2D eigenvalue weighted by Gasteiger charge is -2.16. The van der Waals surface area contributed by atoms with E-state index in [4.69, 9.17) is 4.52 Å². The Balaban J connectivity index is 1.77. The summed E-state index contributed by atoms with van der Waals surface area (Å²) in [6.45, 7) is 7.22. The molecule has 0 aliphatic carbocycles. The second-order valence-corrected chi connectivity index (χ2v) is 6.17. The maximum Gasteiger partial charge on any atom is 0.257 e. The molecule has 1 saturated heterocycles. The van der Waals surface area contributed by atoms with Crippen LogP contribution in [0.5, 0.6) is 0 Å². The predicted octanol–water partition coefficient (Wildman–Crippen LogP) is 1.86. The van der Waals surface area contributed by atoms with Gasteiger partial charge in [-0.3, -0.25) is 9.48 Å². The summed E-state index contributed by atoms with van der Waals surface area (Å²) < 4.78 is 6.94. The summed E-state index contributed by atoms with van der Waals surface area (Å²) in [6, 6.07) is 0. The van der Waals surface area contributed by atoms with Gasteiger partial charge in [0.2, 0.25) is 5.89 Å². The molecule has 0 aromatic carbocycles. The van der Waals surface area contributed by atoms with E-state index in [1.54, 1.807) is 11.6 Å². The number of hydrogen-bond donors (Lipinski definition) is 0. The number of aromatic nitrogens is 4. The van der Waals surface area contributed by atoms with Crippen LogP contribution in [0.25, 0.3) is 0 Å². The molecule has 1 unspecified atom stereocenters. The van der Waals surface area contributed by atoms with Crippen LogP contribution in [0.2, 0.25) is 0 Å². The highest BCUT2D eigenvalue weighted by atomic mass is 16.5. The van der Waals surface area contributed by atoms with E-state index < -0.39 is 0 Å². The largest absolute Gasteiger partial charge is 0.339 e. The maximum absolute atomic E-state index is 12.8. The second kappa shape index (κ2) is 5.55.